The highest BCUT2D eigenvalue weighted by atomic mass is 19.1. The van der Waals surface area contributed by atoms with Crippen LogP contribution in [0.25, 0.3) is 0 Å². The van der Waals surface area contributed by atoms with Crippen molar-refractivity contribution in [1.82, 2.24) is 4.98 Å². The molecule has 0 spiro atoms. The van der Waals surface area contributed by atoms with E-state index in [-0.39, 0.29) is 41.3 Å². The fourth-order valence-electron chi connectivity index (χ4n) is 6.28. The minimum absolute atomic E-state index is 0.0878. The van der Waals surface area contributed by atoms with Crippen molar-refractivity contribution in [1.29, 1.82) is 0 Å². The second kappa shape index (κ2) is 7.36. The molecule has 0 radical (unpaired) electrons. The van der Waals surface area contributed by atoms with Crippen LogP contribution in [0.5, 0.6) is 5.88 Å². The van der Waals surface area contributed by atoms with Gasteiger partial charge in [-0.05, 0) is 64.1 Å². The minimum Gasteiger partial charge on any atom is -0.481 e. The van der Waals surface area contributed by atoms with E-state index in [1.54, 1.807) is 6.20 Å². The molecule has 1 unspecified atom stereocenters. The number of aliphatic carboxylic acids is 1. The summed E-state index contributed by atoms with van der Waals surface area (Å²) in [6.45, 7) is 4.50. The zero-order valence-electron chi connectivity index (χ0n) is 19.0. The lowest BCUT2D eigenvalue weighted by Crippen LogP contribution is -2.13. The topological polar surface area (TPSA) is 59.4 Å². The number of carboxylic acids is 1. The average Bonchev–Trinajstić information content (AvgIpc) is 3.29. The van der Waals surface area contributed by atoms with Crippen molar-refractivity contribution >= 4 is 5.97 Å². The average molecular weight is 462 g/mol. The van der Waals surface area contributed by atoms with Crippen LogP contribution in [0.4, 0.5) is 8.78 Å². The Morgan fingerprint density at radius 2 is 1.91 bits per heavy atom. The van der Waals surface area contributed by atoms with Gasteiger partial charge in [-0.3, -0.25) is 4.79 Å². The maximum absolute atomic E-state index is 14.6. The van der Waals surface area contributed by atoms with Gasteiger partial charge in [0.25, 0.3) is 0 Å². The molecule has 1 saturated carbocycles. The van der Waals surface area contributed by atoms with E-state index in [1.807, 2.05) is 24.3 Å². The Kier molecular flexibility index (Phi) is 4.60. The smallest absolute Gasteiger partial charge is 0.307 e. The number of hydrogen-bond donors (Lipinski definition) is 1. The Hall–Kier alpha value is -3.28. The van der Waals surface area contributed by atoms with Crippen molar-refractivity contribution in [2.45, 2.75) is 50.5 Å². The molecule has 1 heterocycles. The summed E-state index contributed by atoms with van der Waals surface area (Å²) in [6, 6.07) is 12.0. The quantitative estimate of drug-likeness (QED) is 0.528. The van der Waals surface area contributed by atoms with Gasteiger partial charge in [0.1, 0.15) is 18.2 Å². The first-order valence-electron chi connectivity index (χ1n) is 11.7. The predicted octanol–water partition coefficient (Wildman–Crippen LogP) is 5.72. The van der Waals surface area contributed by atoms with E-state index in [1.165, 1.54) is 18.2 Å². The molecule has 34 heavy (non-hydrogen) atoms. The maximum Gasteiger partial charge on any atom is 0.307 e. The summed E-state index contributed by atoms with van der Waals surface area (Å²) in [4.78, 5) is 15.7. The van der Waals surface area contributed by atoms with Gasteiger partial charge in [-0.25, -0.2) is 13.8 Å². The molecule has 1 N–H and O–H groups in total. The van der Waals surface area contributed by atoms with Gasteiger partial charge in [-0.1, -0.05) is 38.1 Å². The number of aromatic nitrogens is 1. The molecular formula is C28H25F2NO3. The molecule has 3 aliphatic rings. The van der Waals surface area contributed by atoms with Crippen LogP contribution in [-0.4, -0.2) is 16.1 Å². The van der Waals surface area contributed by atoms with Crippen LogP contribution < -0.4 is 4.74 Å². The zero-order valence-corrected chi connectivity index (χ0v) is 19.0. The van der Waals surface area contributed by atoms with Gasteiger partial charge in [-0.15, -0.1) is 0 Å². The van der Waals surface area contributed by atoms with Gasteiger partial charge in [0.05, 0.1) is 5.92 Å². The van der Waals surface area contributed by atoms with Gasteiger partial charge >= 0.3 is 5.97 Å². The monoisotopic (exact) mass is 461 g/mol. The summed E-state index contributed by atoms with van der Waals surface area (Å²) in [6.07, 6.45) is 3.14. The normalized spacial score (nSPS) is 25.4. The number of hydrogen-bond acceptors (Lipinski definition) is 3. The number of carboxylic acid groups (broad SMARTS) is 1. The van der Waals surface area contributed by atoms with Crippen LogP contribution in [-0.2, 0) is 23.2 Å². The molecule has 4 nitrogen and oxygen atoms in total. The molecular weight excluding hydrogens is 436 g/mol. The molecule has 0 aliphatic heterocycles. The summed E-state index contributed by atoms with van der Waals surface area (Å²) >= 11 is 0. The van der Waals surface area contributed by atoms with Gasteiger partial charge in [-0.2, -0.15) is 0 Å². The number of halogens is 2. The third kappa shape index (κ3) is 3.23. The number of pyridine rings is 1. The summed E-state index contributed by atoms with van der Waals surface area (Å²) < 4.78 is 35.2. The minimum atomic E-state index is -0.727. The Morgan fingerprint density at radius 1 is 1.15 bits per heavy atom. The largest absolute Gasteiger partial charge is 0.481 e. The molecule has 0 saturated heterocycles. The third-order valence-electron chi connectivity index (χ3n) is 7.94. The van der Waals surface area contributed by atoms with E-state index in [9.17, 15) is 18.7 Å². The molecule has 174 valence electrons. The summed E-state index contributed by atoms with van der Waals surface area (Å²) in [7, 11) is 0. The standard InChI is InChI=1S/C28H25F2NO3/c1-28(2)11-18(25-21(29)4-3-5-22(25)30)16-8-14(6-7-20(16)28)13-34-23-10-15-9-17-24(19(15)12-31-23)26(17)27(32)33/h3-8,10,12,17-18,24,26H,9,11,13H2,1-2H3,(H,32,33)/t17-,18?,24-,26+/m1/s1. The fraction of sp³-hybridized carbons (Fsp3) is 0.357. The van der Waals surface area contributed by atoms with Crippen molar-refractivity contribution in [3.05, 3.63) is 93.7 Å². The van der Waals surface area contributed by atoms with Gasteiger partial charge in [0.15, 0.2) is 0 Å². The number of ether oxygens (including phenoxy) is 1. The van der Waals surface area contributed by atoms with Crippen molar-refractivity contribution in [2.75, 3.05) is 0 Å². The van der Waals surface area contributed by atoms with E-state index < -0.39 is 17.6 Å². The summed E-state index contributed by atoms with van der Waals surface area (Å²) in [5.41, 5.74) is 5.04. The summed E-state index contributed by atoms with van der Waals surface area (Å²) in [5, 5.41) is 9.28. The number of nitrogens with zero attached hydrogens (tertiary/aromatic N) is 1. The molecule has 1 aromatic heterocycles. The second-order valence-electron chi connectivity index (χ2n) is 10.5. The highest BCUT2D eigenvalue weighted by Crippen LogP contribution is 2.61. The van der Waals surface area contributed by atoms with Gasteiger partial charge < -0.3 is 9.84 Å². The van der Waals surface area contributed by atoms with Gasteiger partial charge in [0, 0.05) is 29.7 Å². The van der Waals surface area contributed by atoms with Crippen LogP contribution in [0.2, 0.25) is 0 Å². The zero-order chi connectivity index (χ0) is 23.8. The fourth-order valence-corrected chi connectivity index (χ4v) is 6.28. The number of benzene rings is 2. The molecule has 1 fully saturated rings. The van der Waals surface area contributed by atoms with Crippen molar-refractivity contribution in [3.63, 3.8) is 0 Å². The first-order chi connectivity index (χ1) is 16.2. The van der Waals surface area contributed by atoms with Crippen LogP contribution >= 0.6 is 0 Å². The van der Waals surface area contributed by atoms with Crippen LogP contribution in [0.15, 0.2) is 48.7 Å². The number of rotatable bonds is 5. The lowest BCUT2D eigenvalue weighted by molar-refractivity contribution is -0.139. The van der Waals surface area contributed by atoms with Crippen LogP contribution in [0, 0.1) is 23.5 Å². The van der Waals surface area contributed by atoms with Crippen molar-refractivity contribution in [3.8, 4) is 5.88 Å². The number of fused-ring (bicyclic) bond motifs is 4. The Morgan fingerprint density at radius 3 is 2.65 bits per heavy atom. The van der Waals surface area contributed by atoms with E-state index in [4.69, 9.17) is 4.74 Å². The second-order valence-corrected chi connectivity index (χ2v) is 10.5. The molecule has 2 aromatic carbocycles. The molecule has 0 amide bonds. The van der Waals surface area contributed by atoms with Crippen LogP contribution in [0.1, 0.15) is 65.5 Å². The van der Waals surface area contributed by atoms with Gasteiger partial charge in [0.2, 0.25) is 5.88 Å². The van der Waals surface area contributed by atoms with E-state index in [0.717, 1.165) is 34.2 Å². The highest BCUT2D eigenvalue weighted by Gasteiger charge is 2.60. The highest BCUT2D eigenvalue weighted by molar-refractivity contribution is 5.77. The summed E-state index contributed by atoms with van der Waals surface area (Å²) in [5.74, 6) is -1.60. The molecule has 4 atom stereocenters. The number of carbonyl (C=O) groups is 1. The molecule has 6 heteroatoms. The first kappa shape index (κ1) is 21.3. The Bertz CT molecular complexity index is 1310. The molecule has 3 aliphatic carbocycles. The maximum atomic E-state index is 14.6. The SMILES string of the molecule is CC1(C)CC(c2c(F)cccc2F)c2cc(COc3cc4c(cn3)[C@H]3[C@@H](C4)[C@@H]3C(=O)O)ccc21. The molecule has 6 rings (SSSR count). The molecule has 3 aromatic rings. The Balaban J connectivity index is 1.24. The van der Waals surface area contributed by atoms with Crippen molar-refractivity contribution < 1.29 is 23.4 Å². The predicted molar refractivity (Wildman–Crippen MR) is 122 cm³/mol. The van der Waals surface area contributed by atoms with E-state index >= 15 is 0 Å². The van der Waals surface area contributed by atoms with Crippen LogP contribution in [0.3, 0.4) is 0 Å². The first-order valence-corrected chi connectivity index (χ1v) is 11.7. The lowest BCUT2D eigenvalue weighted by Gasteiger charge is -2.19. The Labute approximate surface area is 196 Å². The molecule has 0 bridgehead atoms. The third-order valence-corrected chi connectivity index (χ3v) is 7.94. The van der Waals surface area contributed by atoms with E-state index in [2.05, 4.69) is 18.8 Å². The lowest BCUT2D eigenvalue weighted by atomic mass is 9.85. The van der Waals surface area contributed by atoms with E-state index in [0.29, 0.717) is 12.3 Å². The van der Waals surface area contributed by atoms with Crippen molar-refractivity contribution in [2.24, 2.45) is 11.8 Å².